The molecule has 3 heterocycles. The second-order valence-corrected chi connectivity index (χ2v) is 8.29. The van der Waals surface area contributed by atoms with Crippen LogP contribution in [0.15, 0.2) is 11.6 Å². The van der Waals surface area contributed by atoms with Gasteiger partial charge in [0.25, 0.3) is 10.2 Å². The minimum Gasteiger partial charge on any atom is -0.294 e. The van der Waals surface area contributed by atoms with Gasteiger partial charge in [-0.05, 0) is 13.3 Å². The predicted octanol–water partition coefficient (Wildman–Crippen LogP) is 1.30. The molecule has 8 heteroatoms. The maximum atomic E-state index is 12.2. The molecule has 20 heavy (non-hydrogen) atoms. The van der Waals surface area contributed by atoms with Gasteiger partial charge in [0.05, 0.1) is 5.69 Å². The Morgan fingerprint density at radius 3 is 2.90 bits per heavy atom. The lowest BCUT2D eigenvalue weighted by atomic mass is 10.1. The van der Waals surface area contributed by atoms with Crippen molar-refractivity contribution in [3.8, 4) is 0 Å². The van der Waals surface area contributed by atoms with Crippen molar-refractivity contribution in [1.82, 2.24) is 18.0 Å². The van der Waals surface area contributed by atoms with Gasteiger partial charge in [0.2, 0.25) is 0 Å². The Morgan fingerprint density at radius 1 is 1.45 bits per heavy atom. The van der Waals surface area contributed by atoms with Gasteiger partial charge in [-0.15, -0.1) is 11.3 Å². The summed E-state index contributed by atoms with van der Waals surface area (Å²) in [6.45, 7) is 3.06. The van der Waals surface area contributed by atoms with Gasteiger partial charge in [-0.1, -0.05) is 0 Å². The summed E-state index contributed by atoms with van der Waals surface area (Å²) >= 11 is 1.66. The number of fused-ring (bicyclic) bond motifs is 1. The summed E-state index contributed by atoms with van der Waals surface area (Å²) in [4.78, 5) is 5.77. The molecule has 0 spiro atoms. The number of nitrogens with zero attached hydrogens (tertiary/aromatic N) is 4. The van der Waals surface area contributed by atoms with Crippen molar-refractivity contribution in [2.45, 2.75) is 19.3 Å². The molecule has 1 saturated heterocycles. The van der Waals surface area contributed by atoms with E-state index in [1.54, 1.807) is 29.7 Å². The van der Waals surface area contributed by atoms with Gasteiger partial charge in [-0.25, -0.2) is 4.98 Å². The summed E-state index contributed by atoms with van der Waals surface area (Å²) < 4.78 is 29.2. The van der Waals surface area contributed by atoms with Crippen LogP contribution < -0.4 is 0 Å². The van der Waals surface area contributed by atoms with Crippen LogP contribution in [0.2, 0.25) is 0 Å². The number of aryl methyl sites for hydroxylation is 1. The van der Waals surface area contributed by atoms with Gasteiger partial charge >= 0.3 is 0 Å². The minimum atomic E-state index is -3.32. The highest BCUT2D eigenvalue weighted by Gasteiger charge is 2.35. The summed E-state index contributed by atoms with van der Waals surface area (Å²) in [5, 5.41) is 2.04. The van der Waals surface area contributed by atoms with Crippen LogP contribution in [-0.4, -0.2) is 53.6 Å². The van der Waals surface area contributed by atoms with E-state index < -0.39 is 10.2 Å². The Morgan fingerprint density at radius 2 is 2.20 bits per heavy atom. The first-order valence-electron chi connectivity index (χ1n) is 6.51. The summed E-state index contributed by atoms with van der Waals surface area (Å²) in [6, 6.07) is 0. The van der Waals surface area contributed by atoms with E-state index in [0.717, 1.165) is 22.8 Å². The van der Waals surface area contributed by atoms with E-state index in [-0.39, 0.29) is 5.92 Å². The second kappa shape index (κ2) is 4.80. The number of thiazole rings is 1. The van der Waals surface area contributed by atoms with E-state index in [1.807, 2.05) is 18.5 Å². The molecule has 0 aromatic carbocycles. The van der Waals surface area contributed by atoms with Crippen LogP contribution in [0.3, 0.4) is 0 Å². The van der Waals surface area contributed by atoms with Gasteiger partial charge in [0.15, 0.2) is 0 Å². The molecule has 1 fully saturated rings. The van der Waals surface area contributed by atoms with Gasteiger partial charge < -0.3 is 0 Å². The van der Waals surface area contributed by atoms with Crippen LogP contribution in [0.25, 0.3) is 4.83 Å². The average Bonchev–Trinajstić information content (AvgIpc) is 3.07. The van der Waals surface area contributed by atoms with Crippen molar-refractivity contribution >= 4 is 26.4 Å². The van der Waals surface area contributed by atoms with Gasteiger partial charge in [0, 0.05) is 44.7 Å². The number of aromatic nitrogens is 2. The van der Waals surface area contributed by atoms with Crippen molar-refractivity contribution in [2.75, 3.05) is 27.2 Å². The molecule has 2 aromatic rings. The van der Waals surface area contributed by atoms with E-state index in [0.29, 0.717) is 13.1 Å². The molecule has 2 aromatic heterocycles. The zero-order valence-corrected chi connectivity index (χ0v) is 13.4. The third-order valence-corrected chi connectivity index (χ3v) is 6.58. The van der Waals surface area contributed by atoms with Gasteiger partial charge in [0.1, 0.15) is 10.7 Å². The Balaban J connectivity index is 1.89. The largest absolute Gasteiger partial charge is 0.294 e. The fourth-order valence-corrected chi connectivity index (χ4v) is 4.77. The van der Waals surface area contributed by atoms with Crippen molar-refractivity contribution in [1.29, 1.82) is 0 Å². The van der Waals surface area contributed by atoms with Crippen LogP contribution in [0, 0.1) is 6.92 Å². The van der Waals surface area contributed by atoms with Crippen LogP contribution in [-0.2, 0) is 10.2 Å². The molecule has 0 saturated carbocycles. The van der Waals surface area contributed by atoms with Crippen LogP contribution in [0.5, 0.6) is 0 Å². The number of hydrogen-bond donors (Lipinski definition) is 0. The smallest absolute Gasteiger partial charge is 0.281 e. The Kier molecular flexibility index (Phi) is 3.36. The van der Waals surface area contributed by atoms with Crippen LogP contribution >= 0.6 is 11.3 Å². The zero-order valence-electron chi connectivity index (χ0n) is 11.8. The number of rotatable bonds is 3. The molecular weight excluding hydrogens is 296 g/mol. The molecule has 0 N–H and O–H groups in total. The maximum Gasteiger partial charge on any atom is 0.281 e. The number of hydrogen-bond acceptors (Lipinski definition) is 4. The average molecular weight is 314 g/mol. The van der Waals surface area contributed by atoms with Crippen LogP contribution in [0.1, 0.15) is 23.9 Å². The third kappa shape index (κ3) is 2.07. The Labute approximate surface area is 122 Å². The Hall–Kier alpha value is -0.960. The fraction of sp³-hybridized carbons (Fsp3) is 0.583. The molecule has 1 aliphatic rings. The first kappa shape index (κ1) is 14.0. The lowest BCUT2D eigenvalue weighted by molar-refractivity contribution is 0.418. The minimum absolute atomic E-state index is 0.187. The molecule has 0 aliphatic carbocycles. The summed E-state index contributed by atoms with van der Waals surface area (Å²) in [5.74, 6) is 1.15. The van der Waals surface area contributed by atoms with E-state index in [1.165, 1.54) is 4.31 Å². The highest BCUT2D eigenvalue weighted by Crippen LogP contribution is 2.33. The first-order valence-corrected chi connectivity index (χ1v) is 8.78. The topological polar surface area (TPSA) is 57.9 Å². The summed E-state index contributed by atoms with van der Waals surface area (Å²) in [7, 11) is -0.174. The molecule has 0 amide bonds. The van der Waals surface area contributed by atoms with Crippen molar-refractivity contribution in [3.63, 3.8) is 0 Å². The van der Waals surface area contributed by atoms with Crippen LogP contribution in [0.4, 0.5) is 0 Å². The molecule has 110 valence electrons. The predicted molar refractivity (Wildman–Crippen MR) is 79.3 cm³/mol. The number of imidazole rings is 1. The van der Waals surface area contributed by atoms with Crippen molar-refractivity contribution in [3.05, 3.63) is 23.1 Å². The van der Waals surface area contributed by atoms with Crippen molar-refractivity contribution < 1.29 is 8.42 Å². The lowest BCUT2D eigenvalue weighted by Crippen LogP contribution is -2.38. The molecule has 0 bridgehead atoms. The molecule has 1 aliphatic heterocycles. The molecule has 3 rings (SSSR count). The molecule has 0 unspecified atom stereocenters. The fourth-order valence-electron chi connectivity index (χ4n) is 2.65. The van der Waals surface area contributed by atoms with Gasteiger partial charge in [-0.2, -0.15) is 17.0 Å². The highest BCUT2D eigenvalue weighted by molar-refractivity contribution is 7.86. The quantitative estimate of drug-likeness (QED) is 0.858. The normalized spacial score (nSPS) is 21.3. The molecule has 1 atom stereocenters. The monoisotopic (exact) mass is 314 g/mol. The summed E-state index contributed by atoms with van der Waals surface area (Å²) in [5.41, 5.74) is 1.04. The second-order valence-electron chi connectivity index (χ2n) is 5.26. The highest BCUT2D eigenvalue weighted by atomic mass is 32.2. The van der Waals surface area contributed by atoms with E-state index in [9.17, 15) is 8.42 Å². The molecule has 6 nitrogen and oxygen atoms in total. The third-order valence-electron chi connectivity index (χ3n) is 3.78. The van der Waals surface area contributed by atoms with E-state index in [4.69, 9.17) is 0 Å². The maximum absolute atomic E-state index is 12.2. The Bertz CT molecular complexity index is 732. The first-order chi connectivity index (χ1) is 9.41. The zero-order chi connectivity index (χ0) is 14.5. The summed E-state index contributed by atoms with van der Waals surface area (Å²) in [6.07, 6.45) is 2.84. The van der Waals surface area contributed by atoms with Crippen molar-refractivity contribution in [2.24, 2.45) is 0 Å². The molecular formula is C12H18N4O2S2. The van der Waals surface area contributed by atoms with Gasteiger partial charge in [-0.3, -0.25) is 4.40 Å². The lowest BCUT2D eigenvalue weighted by Gasteiger charge is -2.20. The standard InChI is InChI=1S/C12H18N4O2S2/c1-9-13-11(12-16(9)6-7-19-12)10-4-5-15(8-10)20(17,18)14(2)3/h6-7,10H,4-5,8H2,1-3H3/t10-/m0/s1. The SMILES string of the molecule is Cc1nc([C@H]2CCN(S(=O)(=O)N(C)C)C2)c2sccn12. The van der Waals surface area contributed by atoms with E-state index >= 15 is 0 Å². The molecule has 0 radical (unpaired) electrons. The van der Waals surface area contributed by atoms with E-state index in [2.05, 4.69) is 9.38 Å².